The number of benzene rings is 1. The second kappa shape index (κ2) is 7.92. The molecule has 1 aromatic rings. The van der Waals surface area contributed by atoms with Gasteiger partial charge in [-0.2, -0.15) is 0 Å². The van der Waals surface area contributed by atoms with Crippen molar-refractivity contribution in [3.05, 3.63) is 39.9 Å². The Labute approximate surface area is 136 Å². The molecule has 0 spiro atoms. The monoisotopic (exact) mass is 323 g/mol. The van der Waals surface area contributed by atoms with Crippen molar-refractivity contribution >= 4 is 11.8 Å². The van der Waals surface area contributed by atoms with Gasteiger partial charge in [0.25, 0.3) is 5.69 Å². The predicted molar refractivity (Wildman–Crippen MR) is 88.3 cm³/mol. The lowest BCUT2D eigenvalue weighted by Gasteiger charge is -2.23. The Morgan fingerprint density at radius 1 is 1.30 bits per heavy atom. The third-order valence-electron chi connectivity index (χ3n) is 3.09. The van der Waals surface area contributed by atoms with Crippen molar-refractivity contribution in [1.29, 1.82) is 0 Å². The van der Waals surface area contributed by atoms with Gasteiger partial charge in [-0.3, -0.25) is 10.1 Å². The van der Waals surface area contributed by atoms with Crippen molar-refractivity contribution in [2.24, 2.45) is 0 Å². The SMILES string of the molecule is CC(CNC(C)c1ccccc1[N+](=O)[O-])NC(=O)OC(C)(C)C. The average Bonchev–Trinajstić information content (AvgIpc) is 2.42. The maximum atomic E-state index is 11.7. The highest BCUT2D eigenvalue weighted by atomic mass is 16.6. The van der Waals surface area contributed by atoms with Crippen LogP contribution in [0.5, 0.6) is 0 Å². The van der Waals surface area contributed by atoms with Crippen LogP contribution in [-0.4, -0.2) is 29.2 Å². The first kappa shape index (κ1) is 18.9. The molecular weight excluding hydrogens is 298 g/mol. The minimum absolute atomic E-state index is 0.0836. The number of rotatable bonds is 6. The molecule has 0 aliphatic heterocycles. The first-order valence-electron chi connectivity index (χ1n) is 7.56. The molecule has 0 radical (unpaired) electrons. The molecule has 7 nitrogen and oxygen atoms in total. The third-order valence-corrected chi connectivity index (χ3v) is 3.09. The van der Waals surface area contributed by atoms with Crippen molar-refractivity contribution in [2.75, 3.05) is 6.54 Å². The number of amides is 1. The fourth-order valence-corrected chi connectivity index (χ4v) is 2.04. The number of carbonyl (C=O) groups is 1. The second-order valence-corrected chi connectivity index (χ2v) is 6.49. The molecule has 0 bridgehead atoms. The Kier molecular flexibility index (Phi) is 6.50. The Bertz CT molecular complexity index is 555. The Morgan fingerprint density at radius 2 is 1.91 bits per heavy atom. The van der Waals surface area contributed by atoms with E-state index in [4.69, 9.17) is 4.74 Å². The number of alkyl carbamates (subject to hydrolysis) is 1. The summed E-state index contributed by atoms with van der Waals surface area (Å²) in [6, 6.07) is 6.23. The largest absolute Gasteiger partial charge is 0.444 e. The lowest BCUT2D eigenvalue weighted by molar-refractivity contribution is -0.385. The number of para-hydroxylation sites is 1. The summed E-state index contributed by atoms with van der Waals surface area (Å²) in [4.78, 5) is 22.3. The molecule has 0 saturated carbocycles. The molecule has 0 heterocycles. The molecule has 0 aliphatic carbocycles. The molecular formula is C16H25N3O4. The molecule has 0 fully saturated rings. The van der Waals surface area contributed by atoms with Gasteiger partial charge in [0.05, 0.1) is 4.92 Å². The maximum Gasteiger partial charge on any atom is 0.407 e. The molecule has 1 rings (SSSR count). The van der Waals surface area contributed by atoms with E-state index >= 15 is 0 Å². The number of nitro groups is 1. The van der Waals surface area contributed by atoms with Gasteiger partial charge in [0.1, 0.15) is 5.60 Å². The van der Waals surface area contributed by atoms with E-state index in [0.29, 0.717) is 12.1 Å². The van der Waals surface area contributed by atoms with Gasteiger partial charge in [-0.25, -0.2) is 4.79 Å². The van der Waals surface area contributed by atoms with E-state index in [9.17, 15) is 14.9 Å². The van der Waals surface area contributed by atoms with Gasteiger partial charge in [-0.15, -0.1) is 0 Å². The van der Waals surface area contributed by atoms with Crippen molar-refractivity contribution in [3.63, 3.8) is 0 Å². The van der Waals surface area contributed by atoms with E-state index in [1.54, 1.807) is 39.0 Å². The number of carbonyl (C=O) groups excluding carboxylic acids is 1. The Morgan fingerprint density at radius 3 is 2.48 bits per heavy atom. The average molecular weight is 323 g/mol. The van der Waals surface area contributed by atoms with E-state index in [1.807, 2.05) is 13.8 Å². The second-order valence-electron chi connectivity index (χ2n) is 6.49. The van der Waals surface area contributed by atoms with Crippen molar-refractivity contribution in [2.45, 2.75) is 52.3 Å². The van der Waals surface area contributed by atoms with Crippen LogP contribution in [0.15, 0.2) is 24.3 Å². The molecule has 0 aromatic heterocycles. The molecule has 23 heavy (non-hydrogen) atoms. The van der Waals surface area contributed by atoms with E-state index in [-0.39, 0.29) is 17.8 Å². The molecule has 7 heteroatoms. The van der Waals surface area contributed by atoms with Crippen molar-refractivity contribution in [1.82, 2.24) is 10.6 Å². The van der Waals surface area contributed by atoms with Crippen molar-refractivity contribution in [3.8, 4) is 0 Å². The molecule has 2 atom stereocenters. The number of hydrogen-bond acceptors (Lipinski definition) is 5. The summed E-state index contributed by atoms with van der Waals surface area (Å²) < 4.78 is 5.18. The van der Waals surface area contributed by atoms with Gasteiger partial charge in [-0.1, -0.05) is 18.2 Å². The number of ether oxygens (including phenoxy) is 1. The smallest absolute Gasteiger partial charge is 0.407 e. The maximum absolute atomic E-state index is 11.7. The fourth-order valence-electron chi connectivity index (χ4n) is 2.04. The molecule has 1 amide bonds. The zero-order chi connectivity index (χ0) is 17.6. The van der Waals surface area contributed by atoms with Gasteiger partial charge in [0.2, 0.25) is 0 Å². The van der Waals surface area contributed by atoms with Crippen LogP contribution in [-0.2, 0) is 4.74 Å². The predicted octanol–water partition coefficient (Wildman–Crippen LogP) is 3.16. The number of nitro benzene ring substituents is 1. The standard InChI is InChI=1S/C16H25N3O4/c1-11(18-15(20)23-16(3,4)5)10-17-12(2)13-8-6-7-9-14(13)19(21)22/h6-9,11-12,17H,10H2,1-5H3,(H,18,20). The minimum atomic E-state index is -0.546. The highest BCUT2D eigenvalue weighted by Crippen LogP contribution is 2.24. The molecule has 2 N–H and O–H groups in total. The van der Waals surface area contributed by atoms with E-state index < -0.39 is 16.6 Å². The first-order valence-corrected chi connectivity index (χ1v) is 7.56. The van der Waals surface area contributed by atoms with Gasteiger partial charge in [0, 0.05) is 30.3 Å². The van der Waals surface area contributed by atoms with Gasteiger partial charge < -0.3 is 15.4 Å². The number of hydrogen-bond donors (Lipinski definition) is 2. The number of nitrogens with zero attached hydrogens (tertiary/aromatic N) is 1. The van der Waals surface area contributed by atoms with Crippen molar-refractivity contribution < 1.29 is 14.5 Å². The molecule has 2 unspecified atom stereocenters. The topological polar surface area (TPSA) is 93.5 Å². The zero-order valence-electron chi connectivity index (χ0n) is 14.3. The van der Waals surface area contributed by atoms with Crippen LogP contribution >= 0.6 is 0 Å². The van der Waals surface area contributed by atoms with Crippen LogP contribution in [0.4, 0.5) is 10.5 Å². The summed E-state index contributed by atoms with van der Waals surface area (Å²) in [5.41, 5.74) is 0.150. The normalized spacial score (nSPS) is 14.0. The van der Waals surface area contributed by atoms with Crippen LogP contribution in [0.3, 0.4) is 0 Å². The zero-order valence-corrected chi connectivity index (χ0v) is 14.3. The van der Waals surface area contributed by atoms with Crippen LogP contribution in [0.1, 0.15) is 46.2 Å². The summed E-state index contributed by atoms with van der Waals surface area (Å²) >= 11 is 0. The summed E-state index contributed by atoms with van der Waals surface area (Å²) in [5.74, 6) is 0. The molecule has 0 aliphatic rings. The molecule has 0 saturated heterocycles. The van der Waals surface area contributed by atoms with Gasteiger partial charge in [0.15, 0.2) is 0 Å². The highest BCUT2D eigenvalue weighted by molar-refractivity contribution is 5.68. The first-order chi connectivity index (χ1) is 10.6. The van der Waals surface area contributed by atoms with E-state index in [2.05, 4.69) is 10.6 Å². The van der Waals surface area contributed by atoms with E-state index in [0.717, 1.165) is 0 Å². The summed E-state index contributed by atoms with van der Waals surface area (Å²) in [6.45, 7) is 9.54. The van der Waals surface area contributed by atoms with E-state index in [1.165, 1.54) is 6.07 Å². The summed E-state index contributed by atoms with van der Waals surface area (Å²) in [6.07, 6.45) is -0.481. The van der Waals surface area contributed by atoms with Gasteiger partial charge >= 0.3 is 6.09 Å². The van der Waals surface area contributed by atoms with Crippen LogP contribution in [0, 0.1) is 10.1 Å². The lowest BCUT2D eigenvalue weighted by atomic mass is 10.1. The highest BCUT2D eigenvalue weighted by Gasteiger charge is 2.20. The van der Waals surface area contributed by atoms with Crippen LogP contribution < -0.4 is 10.6 Å². The van der Waals surface area contributed by atoms with Crippen LogP contribution in [0.25, 0.3) is 0 Å². The molecule has 128 valence electrons. The summed E-state index contributed by atoms with van der Waals surface area (Å²) in [5, 5.41) is 17.0. The molecule has 1 aromatic carbocycles. The summed E-state index contributed by atoms with van der Waals surface area (Å²) in [7, 11) is 0. The lowest BCUT2D eigenvalue weighted by Crippen LogP contribution is -2.43. The number of nitrogens with one attached hydrogen (secondary N) is 2. The van der Waals surface area contributed by atoms with Gasteiger partial charge in [-0.05, 0) is 34.6 Å². The van der Waals surface area contributed by atoms with Crippen LogP contribution in [0.2, 0.25) is 0 Å². The quantitative estimate of drug-likeness (QED) is 0.619. The Hall–Kier alpha value is -2.15. The Balaban J connectivity index is 2.55. The fraction of sp³-hybridized carbons (Fsp3) is 0.562. The third kappa shape index (κ3) is 6.65. The minimum Gasteiger partial charge on any atom is -0.444 e.